The van der Waals surface area contributed by atoms with Crippen LogP contribution in [0.25, 0.3) is 10.9 Å². The molecule has 0 radical (unpaired) electrons. The molecule has 6 nitrogen and oxygen atoms in total. The van der Waals surface area contributed by atoms with E-state index in [2.05, 4.69) is 25.2 Å². The van der Waals surface area contributed by atoms with Gasteiger partial charge in [0.25, 0.3) is 0 Å². The highest BCUT2D eigenvalue weighted by atomic mass is 35.5. The number of rotatable bonds is 7. The van der Waals surface area contributed by atoms with Crippen molar-refractivity contribution in [2.45, 2.75) is 13.0 Å². The second-order valence-corrected chi connectivity index (χ2v) is 5.75. The van der Waals surface area contributed by atoms with E-state index in [0.29, 0.717) is 37.0 Å². The maximum atomic E-state index is 11.9. The first-order valence-electron chi connectivity index (χ1n) is 7.74. The van der Waals surface area contributed by atoms with Gasteiger partial charge in [-0.15, -0.1) is 0 Å². The Morgan fingerprint density at radius 1 is 1.17 bits per heavy atom. The Morgan fingerprint density at radius 3 is 2.83 bits per heavy atom. The van der Waals surface area contributed by atoms with Crippen LogP contribution in [0.5, 0.6) is 0 Å². The van der Waals surface area contributed by atoms with Gasteiger partial charge in [0.1, 0.15) is 0 Å². The molecule has 0 aliphatic heterocycles. The molecule has 0 bridgehead atoms. The van der Waals surface area contributed by atoms with Crippen LogP contribution in [0.1, 0.15) is 6.42 Å². The first kappa shape index (κ1) is 16.3. The third-order valence-corrected chi connectivity index (χ3v) is 3.85. The second kappa shape index (κ2) is 7.79. The zero-order valence-electron chi connectivity index (χ0n) is 13.1. The van der Waals surface area contributed by atoms with E-state index in [0.717, 1.165) is 10.9 Å². The molecule has 0 saturated heterocycles. The molecule has 3 aromatic rings. The van der Waals surface area contributed by atoms with E-state index in [9.17, 15) is 4.79 Å². The lowest BCUT2D eigenvalue weighted by Crippen LogP contribution is -2.28. The molecular formula is C17H18ClN5O. The van der Waals surface area contributed by atoms with Crippen LogP contribution in [-0.4, -0.2) is 33.5 Å². The number of carbonyl (C=O) groups is 1. The fraction of sp³-hybridized carbons (Fsp3) is 0.235. The Balaban J connectivity index is 1.42. The SMILES string of the molecule is O=C(CCNc1ncccn1)NCCn1ccc2ccc(Cl)cc21. The lowest BCUT2D eigenvalue weighted by Gasteiger charge is -2.08. The summed E-state index contributed by atoms with van der Waals surface area (Å²) in [5.74, 6) is 0.522. The monoisotopic (exact) mass is 343 g/mol. The molecule has 2 heterocycles. The van der Waals surface area contributed by atoms with Gasteiger partial charge in [-0.25, -0.2) is 9.97 Å². The van der Waals surface area contributed by atoms with Gasteiger partial charge in [-0.3, -0.25) is 4.79 Å². The number of hydrogen-bond acceptors (Lipinski definition) is 4. The van der Waals surface area contributed by atoms with Crippen LogP contribution in [0.2, 0.25) is 5.02 Å². The molecule has 0 spiro atoms. The molecule has 0 aliphatic rings. The first-order valence-corrected chi connectivity index (χ1v) is 8.12. The van der Waals surface area contributed by atoms with Crippen molar-refractivity contribution in [2.75, 3.05) is 18.4 Å². The van der Waals surface area contributed by atoms with Crippen LogP contribution in [0.15, 0.2) is 48.9 Å². The standard InChI is InChI=1S/C17H18ClN5O/c18-14-3-2-13-5-10-23(15(13)12-14)11-9-19-16(24)4-8-22-17-20-6-1-7-21-17/h1-3,5-7,10,12H,4,8-9,11H2,(H,19,24)(H,20,21,22). The second-order valence-electron chi connectivity index (χ2n) is 5.31. The number of anilines is 1. The number of nitrogens with one attached hydrogen (secondary N) is 2. The van der Waals surface area contributed by atoms with Gasteiger partial charge in [0.05, 0.1) is 0 Å². The van der Waals surface area contributed by atoms with Gasteiger partial charge >= 0.3 is 0 Å². The minimum Gasteiger partial charge on any atom is -0.354 e. The highest BCUT2D eigenvalue weighted by Crippen LogP contribution is 2.20. The summed E-state index contributed by atoms with van der Waals surface area (Å²) in [6.45, 7) is 1.76. The van der Waals surface area contributed by atoms with Crippen molar-refractivity contribution < 1.29 is 4.79 Å². The first-order chi connectivity index (χ1) is 11.7. The van der Waals surface area contributed by atoms with Crippen LogP contribution in [0.3, 0.4) is 0 Å². The predicted molar refractivity (Wildman–Crippen MR) is 95.1 cm³/mol. The van der Waals surface area contributed by atoms with E-state index in [4.69, 9.17) is 11.6 Å². The van der Waals surface area contributed by atoms with Crippen LogP contribution < -0.4 is 10.6 Å². The van der Waals surface area contributed by atoms with Gasteiger partial charge in [0.15, 0.2) is 0 Å². The molecule has 1 aromatic carbocycles. The summed E-state index contributed by atoms with van der Waals surface area (Å²) in [7, 11) is 0. The minimum absolute atomic E-state index is 0.00655. The summed E-state index contributed by atoms with van der Waals surface area (Å²) in [4.78, 5) is 19.9. The van der Waals surface area contributed by atoms with E-state index < -0.39 is 0 Å². The Morgan fingerprint density at radius 2 is 2.00 bits per heavy atom. The van der Waals surface area contributed by atoms with Gasteiger partial charge < -0.3 is 15.2 Å². The fourth-order valence-electron chi connectivity index (χ4n) is 2.43. The Labute approximate surface area is 144 Å². The van der Waals surface area contributed by atoms with E-state index in [1.807, 2.05) is 30.5 Å². The molecule has 0 atom stereocenters. The van der Waals surface area contributed by atoms with E-state index in [-0.39, 0.29) is 5.91 Å². The zero-order chi connectivity index (χ0) is 16.8. The molecule has 2 aromatic heterocycles. The van der Waals surface area contributed by atoms with Crippen molar-refractivity contribution >= 4 is 34.4 Å². The number of carbonyl (C=O) groups excluding carboxylic acids is 1. The average molecular weight is 344 g/mol. The van der Waals surface area contributed by atoms with E-state index in [1.165, 1.54) is 0 Å². The van der Waals surface area contributed by atoms with E-state index in [1.54, 1.807) is 18.5 Å². The van der Waals surface area contributed by atoms with Crippen molar-refractivity contribution in [1.82, 2.24) is 19.9 Å². The molecule has 0 saturated carbocycles. The van der Waals surface area contributed by atoms with Gasteiger partial charge in [-0.2, -0.15) is 0 Å². The summed E-state index contributed by atoms with van der Waals surface area (Å²) >= 11 is 6.04. The highest BCUT2D eigenvalue weighted by Gasteiger charge is 2.04. The zero-order valence-corrected chi connectivity index (χ0v) is 13.8. The smallest absolute Gasteiger partial charge is 0.222 e. The lowest BCUT2D eigenvalue weighted by molar-refractivity contribution is -0.120. The van der Waals surface area contributed by atoms with Crippen molar-refractivity contribution in [2.24, 2.45) is 0 Å². The van der Waals surface area contributed by atoms with Crippen LogP contribution >= 0.6 is 11.6 Å². The molecule has 1 amide bonds. The molecule has 124 valence electrons. The molecule has 7 heteroatoms. The summed E-state index contributed by atoms with van der Waals surface area (Å²) in [5, 5.41) is 7.77. The number of benzene rings is 1. The Hall–Kier alpha value is -2.60. The number of aromatic nitrogens is 3. The molecule has 2 N–H and O–H groups in total. The van der Waals surface area contributed by atoms with Crippen LogP contribution in [-0.2, 0) is 11.3 Å². The average Bonchev–Trinajstić information content (AvgIpc) is 2.98. The van der Waals surface area contributed by atoms with Gasteiger partial charge in [0, 0.05) is 55.2 Å². The van der Waals surface area contributed by atoms with Gasteiger partial charge in [-0.1, -0.05) is 17.7 Å². The largest absolute Gasteiger partial charge is 0.354 e. The maximum absolute atomic E-state index is 11.9. The van der Waals surface area contributed by atoms with Crippen LogP contribution in [0, 0.1) is 0 Å². The Bertz CT molecular complexity index is 818. The number of nitrogens with zero attached hydrogens (tertiary/aromatic N) is 3. The topological polar surface area (TPSA) is 71.8 Å². The number of hydrogen-bond donors (Lipinski definition) is 2. The quantitative estimate of drug-likeness (QED) is 0.692. The van der Waals surface area contributed by atoms with Crippen LogP contribution in [0.4, 0.5) is 5.95 Å². The normalized spacial score (nSPS) is 10.7. The molecule has 0 aliphatic carbocycles. The van der Waals surface area contributed by atoms with Gasteiger partial charge in [-0.05, 0) is 29.7 Å². The third-order valence-electron chi connectivity index (χ3n) is 3.61. The number of fused-ring (bicyclic) bond motifs is 1. The van der Waals surface area contributed by atoms with Crippen molar-refractivity contribution in [3.8, 4) is 0 Å². The summed E-state index contributed by atoms with van der Waals surface area (Å²) in [6, 6.07) is 9.58. The Kier molecular flexibility index (Phi) is 5.28. The van der Waals surface area contributed by atoms with Crippen molar-refractivity contribution in [3.63, 3.8) is 0 Å². The molecular weight excluding hydrogens is 326 g/mol. The predicted octanol–water partition coefficient (Wildman–Crippen LogP) is 2.70. The summed E-state index contributed by atoms with van der Waals surface area (Å²) in [6.07, 6.45) is 5.68. The van der Waals surface area contributed by atoms with Crippen molar-refractivity contribution in [1.29, 1.82) is 0 Å². The highest BCUT2D eigenvalue weighted by molar-refractivity contribution is 6.31. The lowest BCUT2D eigenvalue weighted by atomic mass is 10.2. The third kappa shape index (κ3) is 4.23. The number of halogens is 1. The number of amides is 1. The molecule has 3 rings (SSSR count). The maximum Gasteiger partial charge on any atom is 0.222 e. The summed E-state index contributed by atoms with van der Waals surface area (Å²) < 4.78 is 2.08. The van der Waals surface area contributed by atoms with Crippen molar-refractivity contribution in [3.05, 3.63) is 53.9 Å². The fourth-order valence-corrected chi connectivity index (χ4v) is 2.60. The molecule has 0 unspecified atom stereocenters. The molecule has 24 heavy (non-hydrogen) atoms. The molecule has 0 fully saturated rings. The van der Waals surface area contributed by atoms with Gasteiger partial charge in [0.2, 0.25) is 11.9 Å². The minimum atomic E-state index is -0.00655. The van der Waals surface area contributed by atoms with E-state index >= 15 is 0 Å². The summed E-state index contributed by atoms with van der Waals surface area (Å²) in [5.41, 5.74) is 1.07.